The van der Waals surface area contributed by atoms with Gasteiger partial charge in [-0.05, 0) is 25.3 Å². The smallest absolute Gasteiger partial charge is 0.359 e. The minimum atomic E-state index is -0.321. The Balaban J connectivity index is 1.50. The van der Waals surface area contributed by atoms with Crippen molar-refractivity contribution in [1.29, 1.82) is 0 Å². The minimum Gasteiger partial charge on any atom is -0.461 e. The molecule has 158 valence electrons. The van der Waals surface area contributed by atoms with E-state index in [1.807, 2.05) is 41.8 Å². The molecular formula is C23H29N5O2. The molecule has 0 amide bonds. The molecule has 7 nitrogen and oxygen atoms in total. The summed E-state index contributed by atoms with van der Waals surface area (Å²) < 4.78 is 9.14. The van der Waals surface area contributed by atoms with Crippen LogP contribution in [0.5, 0.6) is 0 Å². The van der Waals surface area contributed by atoms with E-state index in [0.29, 0.717) is 18.8 Å². The number of rotatable bonds is 8. The van der Waals surface area contributed by atoms with Crippen molar-refractivity contribution in [2.45, 2.75) is 45.8 Å². The Labute approximate surface area is 177 Å². The first-order chi connectivity index (χ1) is 14.6. The van der Waals surface area contributed by atoms with E-state index in [1.54, 1.807) is 0 Å². The number of carbonyl (C=O) groups excluding carboxylic acids is 1. The molecule has 1 aliphatic heterocycles. The lowest BCUT2D eigenvalue weighted by Crippen LogP contribution is -2.31. The van der Waals surface area contributed by atoms with E-state index < -0.39 is 0 Å². The number of carbonyl (C=O) groups is 1. The van der Waals surface area contributed by atoms with Gasteiger partial charge in [0.1, 0.15) is 0 Å². The van der Waals surface area contributed by atoms with Crippen molar-refractivity contribution in [3.05, 3.63) is 70.8 Å². The van der Waals surface area contributed by atoms with E-state index in [0.717, 1.165) is 44.5 Å². The normalized spacial score (nSPS) is 13.9. The second kappa shape index (κ2) is 9.26. The van der Waals surface area contributed by atoms with Gasteiger partial charge in [-0.1, -0.05) is 30.3 Å². The fourth-order valence-corrected chi connectivity index (χ4v) is 4.12. The molecule has 0 N–H and O–H groups in total. The molecule has 0 fully saturated rings. The van der Waals surface area contributed by atoms with Crippen LogP contribution in [-0.4, -0.2) is 43.6 Å². The molecule has 2 aromatic heterocycles. The molecule has 0 bridgehead atoms. The average Bonchev–Trinajstić information content (AvgIpc) is 3.32. The summed E-state index contributed by atoms with van der Waals surface area (Å²) in [6, 6.07) is 10.5. The third-order valence-corrected chi connectivity index (χ3v) is 5.52. The van der Waals surface area contributed by atoms with Crippen LogP contribution in [0.4, 0.5) is 0 Å². The van der Waals surface area contributed by atoms with Crippen molar-refractivity contribution in [3.63, 3.8) is 0 Å². The van der Waals surface area contributed by atoms with Crippen molar-refractivity contribution in [2.75, 3.05) is 13.2 Å². The summed E-state index contributed by atoms with van der Waals surface area (Å²) in [4.78, 5) is 14.9. The Morgan fingerprint density at radius 1 is 1.20 bits per heavy atom. The number of hydrogen-bond acceptors (Lipinski definition) is 5. The van der Waals surface area contributed by atoms with Crippen LogP contribution in [0.2, 0.25) is 0 Å². The Hall–Kier alpha value is -2.93. The predicted octanol–water partition coefficient (Wildman–Crippen LogP) is 2.98. The average molecular weight is 408 g/mol. The first-order valence-corrected chi connectivity index (χ1v) is 10.6. The molecule has 0 saturated carbocycles. The quantitative estimate of drug-likeness (QED) is 0.537. The highest BCUT2D eigenvalue weighted by atomic mass is 16.5. The topological polar surface area (TPSA) is 65.2 Å². The number of aromatic nitrogens is 4. The van der Waals surface area contributed by atoms with Gasteiger partial charge in [-0.2, -0.15) is 10.2 Å². The summed E-state index contributed by atoms with van der Waals surface area (Å²) in [6.45, 7) is 5.45. The van der Waals surface area contributed by atoms with Crippen LogP contribution in [0.1, 0.15) is 46.2 Å². The molecule has 0 atom stereocenters. The molecule has 0 saturated heterocycles. The van der Waals surface area contributed by atoms with E-state index in [1.165, 1.54) is 16.8 Å². The lowest BCUT2D eigenvalue weighted by molar-refractivity contribution is 0.0515. The summed E-state index contributed by atoms with van der Waals surface area (Å²) in [5.74, 6) is -0.321. The maximum absolute atomic E-state index is 12.6. The van der Waals surface area contributed by atoms with Gasteiger partial charge < -0.3 is 4.74 Å². The van der Waals surface area contributed by atoms with Gasteiger partial charge in [0.2, 0.25) is 0 Å². The zero-order valence-electron chi connectivity index (χ0n) is 17.8. The molecule has 4 rings (SSSR count). The summed E-state index contributed by atoms with van der Waals surface area (Å²) in [7, 11) is 1.93. The van der Waals surface area contributed by atoms with Crippen molar-refractivity contribution >= 4 is 5.97 Å². The second-order valence-corrected chi connectivity index (χ2v) is 7.79. The number of benzene rings is 1. The molecular weight excluding hydrogens is 378 g/mol. The van der Waals surface area contributed by atoms with Gasteiger partial charge in [0.05, 0.1) is 12.8 Å². The SMILES string of the molecule is CCOC(=O)c1nn(CCCc2ccccc2)c2c1CN(Cc1cnn(C)c1)CC2. The fourth-order valence-electron chi connectivity index (χ4n) is 4.12. The van der Waals surface area contributed by atoms with Gasteiger partial charge in [-0.15, -0.1) is 0 Å². The van der Waals surface area contributed by atoms with Crippen molar-refractivity contribution in [1.82, 2.24) is 24.5 Å². The van der Waals surface area contributed by atoms with E-state index in [-0.39, 0.29) is 5.97 Å². The molecule has 0 radical (unpaired) electrons. The van der Waals surface area contributed by atoms with Crippen molar-refractivity contribution < 1.29 is 9.53 Å². The van der Waals surface area contributed by atoms with Gasteiger partial charge >= 0.3 is 5.97 Å². The van der Waals surface area contributed by atoms with Crippen LogP contribution in [0.3, 0.4) is 0 Å². The highest BCUT2D eigenvalue weighted by Crippen LogP contribution is 2.25. The molecule has 3 heterocycles. The van der Waals surface area contributed by atoms with Crippen LogP contribution in [-0.2, 0) is 44.3 Å². The van der Waals surface area contributed by atoms with Gasteiger partial charge in [-0.25, -0.2) is 4.79 Å². The maximum Gasteiger partial charge on any atom is 0.359 e. The Morgan fingerprint density at radius 2 is 2.03 bits per heavy atom. The molecule has 0 aliphatic carbocycles. The van der Waals surface area contributed by atoms with E-state index in [4.69, 9.17) is 4.74 Å². The van der Waals surface area contributed by atoms with E-state index >= 15 is 0 Å². The molecule has 0 unspecified atom stereocenters. The zero-order chi connectivity index (χ0) is 20.9. The van der Waals surface area contributed by atoms with Crippen LogP contribution in [0, 0.1) is 0 Å². The summed E-state index contributed by atoms with van der Waals surface area (Å²) in [5, 5.41) is 8.94. The lowest BCUT2D eigenvalue weighted by Gasteiger charge is -2.27. The number of esters is 1. The van der Waals surface area contributed by atoms with Gasteiger partial charge in [0.25, 0.3) is 0 Å². The molecule has 30 heavy (non-hydrogen) atoms. The maximum atomic E-state index is 12.6. The monoisotopic (exact) mass is 407 g/mol. The van der Waals surface area contributed by atoms with Gasteiger partial charge in [0.15, 0.2) is 5.69 Å². The first kappa shape index (κ1) is 20.3. The summed E-state index contributed by atoms with van der Waals surface area (Å²) in [5.41, 5.74) is 5.17. The molecule has 7 heteroatoms. The summed E-state index contributed by atoms with van der Waals surface area (Å²) in [6.07, 6.45) is 6.80. The van der Waals surface area contributed by atoms with Crippen molar-refractivity contribution in [3.8, 4) is 0 Å². The Kier molecular flexibility index (Phi) is 6.28. The zero-order valence-corrected chi connectivity index (χ0v) is 17.8. The number of hydrogen-bond donors (Lipinski definition) is 0. The fraction of sp³-hybridized carbons (Fsp3) is 0.435. The van der Waals surface area contributed by atoms with Crippen LogP contribution >= 0.6 is 0 Å². The third kappa shape index (κ3) is 4.62. The van der Waals surface area contributed by atoms with Gasteiger partial charge in [0, 0.05) is 62.7 Å². The molecule has 3 aromatic rings. The van der Waals surface area contributed by atoms with E-state index in [2.05, 4.69) is 39.4 Å². The Bertz CT molecular complexity index is 992. The highest BCUT2D eigenvalue weighted by Gasteiger charge is 2.28. The van der Waals surface area contributed by atoms with E-state index in [9.17, 15) is 4.79 Å². The van der Waals surface area contributed by atoms with Crippen LogP contribution < -0.4 is 0 Å². The summed E-state index contributed by atoms with van der Waals surface area (Å²) >= 11 is 0. The standard InChI is InChI=1S/C23H29N5O2/c1-3-30-23(29)22-20-17-27(16-19-14-24-26(2)15-19)13-11-21(20)28(25-22)12-7-10-18-8-5-4-6-9-18/h4-6,8-9,14-15H,3,7,10-13,16-17H2,1-2H3. The molecule has 0 spiro atoms. The number of aryl methyl sites for hydroxylation is 3. The van der Waals surface area contributed by atoms with Gasteiger partial charge in [-0.3, -0.25) is 14.3 Å². The third-order valence-electron chi connectivity index (χ3n) is 5.52. The Morgan fingerprint density at radius 3 is 2.77 bits per heavy atom. The predicted molar refractivity (Wildman–Crippen MR) is 114 cm³/mol. The number of fused-ring (bicyclic) bond motifs is 1. The molecule has 1 aliphatic rings. The van der Waals surface area contributed by atoms with Crippen LogP contribution in [0.25, 0.3) is 0 Å². The molecule has 1 aromatic carbocycles. The second-order valence-electron chi connectivity index (χ2n) is 7.79. The number of ether oxygens (including phenoxy) is 1. The minimum absolute atomic E-state index is 0.321. The first-order valence-electron chi connectivity index (χ1n) is 10.6. The van der Waals surface area contributed by atoms with Crippen LogP contribution in [0.15, 0.2) is 42.7 Å². The number of nitrogens with zero attached hydrogens (tertiary/aromatic N) is 5. The van der Waals surface area contributed by atoms with Crippen molar-refractivity contribution in [2.24, 2.45) is 7.05 Å². The highest BCUT2D eigenvalue weighted by molar-refractivity contribution is 5.89. The largest absolute Gasteiger partial charge is 0.461 e. The lowest BCUT2D eigenvalue weighted by atomic mass is 10.0.